The van der Waals surface area contributed by atoms with Crippen LogP contribution in [-0.2, 0) is 5.41 Å². The summed E-state index contributed by atoms with van der Waals surface area (Å²) in [6, 6.07) is 33.3. The number of rotatable bonds is 5. The standard InChI is InChI=1S/C52H43N/c1-6-14-39(29-34(3)42-28-23-36-22-27-41-33(2)21-24-37(35(41)4)25-26-38(42)30-36)51-47-31-46-43-17-10-12-19-48(43)52(5,40-15-8-7-9-16-40)49(46)32-45(47)44-18-11-13-20-50(44)53-51/h6-29,31-32,35H,1,30H2,2-5H3/b26-25-,27-22?,34-29+,36-22-,37-25?,38-26?,39-14+,41-27-. The number of aromatic nitrogens is 1. The Kier molecular flexibility index (Phi) is 7.97. The highest BCUT2D eigenvalue weighted by Crippen LogP contribution is 2.54. The monoisotopic (exact) mass is 681 g/mol. The van der Waals surface area contributed by atoms with Crippen molar-refractivity contribution in [2.24, 2.45) is 5.92 Å². The van der Waals surface area contributed by atoms with E-state index in [2.05, 4.69) is 186 Å². The predicted octanol–water partition coefficient (Wildman–Crippen LogP) is 13.4. The Bertz CT molecular complexity index is 2680. The van der Waals surface area contributed by atoms with Crippen LogP contribution in [-0.4, -0.2) is 4.98 Å². The van der Waals surface area contributed by atoms with Crippen LogP contribution in [0.1, 0.15) is 56.5 Å². The van der Waals surface area contributed by atoms with Gasteiger partial charge < -0.3 is 0 Å². The van der Waals surface area contributed by atoms with Gasteiger partial charge in [0, 0.05) is 27.7 Å². The molecule has 0 fully saturated rings. The van der Waals surface area contributed by atoms with E-state index in [0.29, 0.717) is 5.92 Å². The Morgan fingerprint density at radius 1 is 0.774 bits per heavy atom. The van der Waals surface area contributed by atoms with E-state index in [-0.39, 0.29) is 5.41 Å². The van der Waals surface area contributed by atoms with Crippen LogP contribution in [0.2, 0.25) is 0 Å². The van der Waals surface area contributed by atoms with Crippen molar-refractivity contribution in [1.82, 2.24) is 4.98 Å². The fraction of sp³-hybridized carbons (Fsp3) is 0.135. The van der Waals surface area contributed by atoms with Crippen LogP contribution in [0, 0.1) is 5.92 Å². The first kappa shape index (κ1) is 32.8. The Labute approximate surface area is 313 Å². The Morgan fingerprint density at radius 3 is 2.42 bits per heavy atom. The molecule has 0 aliphatic heterocycles. The lowest BCUT2D eigenvalue weighted by atomic mass is 9.74. The molecule has 256 valence electrons. The van der Waals surface area contributed by atoms with E-state index >= 15 is 0 Å². The predicted molar refractivity (Wildman–Crippen MR) is 226 cm³/mol. The zero-order chi connectivity index (χ0) is 36.3. The molecule has 0 amide bonds. The minimum Gasteiger partial charge on any atom is -0.247 e. The number of pyridine rings is 1. The highest BCUT2D eigenvalue weighted by Gasteiger charge is 2.41. The van der Waals surface area contributed by atoms with Gasteiger partial charge in [0.05, 0.1) is 11.2 Å². The molecule has 0 saturated heterocycles. The van der Waals surface area contributed by atoms with Gasteiger partial charge in [-0.1, -0.05) is 147 Å². The van der Waals surface area contributed by atoms with Crippen LogP contribution in [0.5, 0.6) is 0 Å². The lowest BCUT2D eigenvalue weighted by Crippen LogP contribution is -2.22. The van der Waals surface area contributed by atoms with Crippen LogP contribution in [0.15, 0.2) is 203 Å². The summed E-state index contributed by atoms with van der Waals surface area (Å²) in [5, 5.41) is 3.53. The summed E-state index contributed by atoms with van der Waals surface area (Å²) >= 11 is 0. The quantitative estimate of drug-likeness (QED) is 0.133. The Balaban J connectivity index is 1.23. The van der Waals surface area contributed by atoms with Crippen molar-refractivity contribution in [1.29, 1.82) is 0 Å². The number of nitrogens with zero attached hydrogens (tertiary/aromatic N) is 1. The fourth-order valence-electron chi connectivity index (χ4n) is 9.04. The molecule has 4 aliphatic carbocycles. The molecule has 1 heteroatoms. The maximum atomic E-state index is 5.42. The first-order valence-corrected chi connectivity index (χ1v) is 18.8. The largest absolute Gasteiger partial charge is 0.247 e. The molecular formula is C52H43N. The van der Waals surface area contributed by atoms with Gasteiger partial charge >= 0.3 is 0 Å². The first-order chi connectivity index (χ1) is 25.8. The summed E-state index contributed by atoms with van der Waals surface area (Å²) in [6.45, 7) is 13.3. The van der Waals surface area contributed by atoms with Crippen molar-refractivity contribution in [3.63, 3.8) is 0 Å². The average Bonchev–Trinajstić information content (AvgIpc) is 3.44. The summed E-state index contributed by atoms with van der Waals surface area (Å²) in [7, 11) is 0. The number of allylic oxidation sites excluding steroid dienone is 19. The van der Waals surface area contributed by atoms with E-state index in [9.17, 15) is 0 Å². The third-order valence-electron chi connectivity index (χ3n) is 12.0. The average molecular weight is 682 g/mol. The number of hydrogen-bond acceptors (Lipinski definition) is 1. The molecule has 9 rings (SSSR count). The molecule has 4 bridgehead atoms. The van der Waals surface area contributed by atoms with Gasteiger partial charge in [-0.3, -0.25) is 0 Å². The second-order valence-electron chi connectivity index (χ2n) is 15.0. The van der Waals surface area contributed by atoms with Crippen LogP contribution in [0.25, 0.3) is 38.4 Å². The summed E-state index contributed by atoms with van der Waals surface area (Å²) in [4.78, 5) is 5.42. The van der Waals surface area contributed by atoms with E-state index < -0.39 is 0 Å². The molecule has 2 atom stereocenters. The highest BCUT2D eigenvalue weighted by molar-refractivity contribution is 6.12. The van der Waals surface area contributed by atoms with Crippen LogP contribution in [0.4, 0.5) is 0 Å². The molecule has 0 saturated carbocycles. The first-order valence-electron chi connectivity index (χ1n) is 18.8. The normalized spacial score (nSPS) is 23.4. The van der Waals surface area contributed by atoms with Crippen LogP contribution < -0.4 is 0 Å². The Morgan fingerprint density at radius 2 is 1.57 bits per heavy atom. The van der Waals surface area contributed by atoms with Crippen molar-refractivity contribution in [2.75, 3.05) is 0 Å². The highest BCUT2D eigenvalue weighted by atomic mass is 14.7. The van der Waals surface area contributed by atoms with Gasteiger partial charge in [0.25, 0.3) is 0 Å². The molecule has 1 nitrogen and oxygen atoms in total. The molecule has 1 heterocycles. The smallest absolute Gasteiger partial charge is 0.0788 e. The van der Waals surface area contributed by atoms with E-state index in [4.69, 9.17) is 4.98 Å². The maximum Gasteiger partial charge on any atom is 0.0788 e. The molecule has 53 heavy (non-hydrogen) atoms. The van der Waals surface area contributed by atoms with Gasteiger partial charge in [0.2, 0.25) is 0 Å². The summed E-state index contributed by atoms with van der Waals surface area (Å²) in [6.07, 6.45) is 25.6. The molecular weight excluding hydrogens is 639 g/mol. The van der Waals surface area contributed by atoms with E-state index in [1.807, 2.05) is 6.08 Å². The molecule has 5 aromatic rings. The van der Waals surface area contributed by atoms with E-state index in [0.717, 1.165) is 28.6 Å². The topological polar surface area (TPSA) is 12.9 Å². The van der Waals surface area contributed by atoms with E-state index in [1.54, 1.807) is 0 Å². The number of benzene rings is 4. The second-order valence-corrected chi connectivity index (χ2v) is 15.0. The lowest BCUT2D eigenvalue weighted by molar-refractivity contribution is 0.715. The lowest BCUT2D eigenvalue weighted by Gasteiger charge is -2.28. The molecule has 1 aromatic heterocycles. The van der Waals surface area contributed by atoms with Gasteiger partial charge in [-0.05, 0) is 124 Å². The molecule has 0 radical (unpaired) electrons. The van der Waals surface area contributed by atoms with Crippen LogP contribution in [0.3, 0.4) is 0 Å². The maximum absolute atomic E-state index is 5.42. The molecule has 0 N–H and O–H groups in total. The zero-order valence-corrected chi connectivity index (χ0v) is 30.9. The third-order valence-corrected chi connectivity index (χ3v) is 12.0. The van der Waals surface area contributed by atoms with Crippen LogP contribution >= 0.6 is 0 Å². The SMILES string of the molecule is C=C/C=C(\C=C(/C)C1=C2/C=C\C3=CC=C(C)/C(=C/C=C(/C=C1)C2)C3C)c1nc2ccccc2c2cc3c(cc12)-c1ccccc1C3(C)c1ccccc1. The molecule has 4 aliphatic rings. The van der Waals surface area contributed by atoms with Crippen molar-refractivity contribution < 1.29 is 0 Å². The van der Waals surface area contributed by atoms with Gasteiger partial charge in [0.15, 0.2) is 0 Å². The number of para-hydroxylation sites is 1. The van der Waals surface area contributed by atoms with Crippen molar-refractivity contribution >= 4 is 27.2 Å². The minimum absolute atomic E-state index is 0.280. The summed E-state index contributed by atoms with van der Waals surface area (Å²) in [5.74, 6) is 0.366. The van der Waals surface area contributed by atoms with E-state index in [1.165, 1.54) is 77.6 Å². The van der Waals surface area contributed by atoms with Gasteiger partial charge in [0.1, 0.15) is 0 Å². The molecule has 0 spiro atoms. The number of fused-ring (bicyclic) bond motifs is 10. The molecule has 4 aromatic carbocycles. The van der Waals surface area contributed by atoms with Crippen molar-refractivity contribution in [3.05, 3.63) is 226 Å². The third kappa shape index (κ3) is 5.34. The molecule has 2 unspecified atom stereocenters. The fourth-order valence-corrected chi connectivity index (χ4v) is 9.04. The summed E-state index contributed by atoms with van der Waals surface area (Å²) < 4.78 is 0. The summed E-state index contributed by atoms with van der Waals surface area (Å²) in [5.41, 5.74) is 18.5. The van der Waals surface area contributed by atoms with Crippen molar-refractivity contribution in [2.45, 2.75) is 39.5 Å². The van der Waals surface area contributed by atoms with Gasteiger partial charge in [-0.2, -0.15) is 0 Å². The second kappa shape index (κ2) is 12.9. The Hall–Kier alpha value is -6.05. The number of hydrogen-bond donors (Lipinski definition) is 0. The van der Waals surface area contributed by atoms with Gasteiger partial charge in [-0.25, -0.2) is 4.98 Å². The van der Waals surface area contributed by atoms with Crippen molar-refractivity contribution in [3.8, 4) is 11.1 Å². The van der Waals surface area contributed by atoms with Gasteiger partial charge in [-0.15, -0.1) is 0 Å². The zero-order valence-electron chi connectivity index (χ0n) is 30.9. The minimum atomic E-state index is -0.280.